The maximum absolute atomic E-state index is 4.74. The smallest absolute Gasteiger partial charge is 0.227 e. The number of aromatic nitrogens is 3. The fraction of sp³-hybridized carbons (Fsp3) is 0.278. The number of aryl methyl sites for hydroxylation is 5. The van der Waals surface area contributed by atoms with Crippen LogP contribution in [0.1, 0.15) is 26.6 Å². The molecule has 0 bridgehead atoms. The van der Waals surface area contributed by atoms with Crippen molar-refractivity contribution < 1.29 is 0 Å². The third kappa shape index (κ3) is 2.72. The molecule has 1 aliphatic carbocycles. The largest absolute Gasteiger partial charge is 0.324 e. The Bertz CT molecular complexity index is 878. The molecule has 0 saturated heterocycles. The molecule has 0 radical (unpaired) electrons. The van der Waals surface area contributed by atoms with Crippen LogP contribution in [0, 0.1) is 20.8 Å². The van der Waals surface area contributed by atoms with Gasteiger partial charge in [0.05, 0.1) is 10.7 Å². The summed E-state index contributed by atoms with van der Waals surface area (Å²) in [7, 11) is 0. The predicted molar refractivity (Wildman–Crippen MR) is 94.5 cm³/mol. The molecule has 5 heteroatoms. The summed E-state index contributed by atoms with van der Waals surface area (Å²) in [6, 6.07) is 6.37. The number of benzene rings is 1. The minimum atomic E-state index is 0.632. The van der Waals surface area contributed by atoms with Crippen molar-refractivity contribution in [2.45, 2.75) is 33.6 Å². The van der Waals surface area contributed by atoms with Crippen molar-refractivity contribution in [3.8, 4) is 11.4 Å². The number of hydrogen-bond acceptors (Lipinski definition) is 5. The van der Waals surface area contributed by atoms with Gasteiger partial charge in [0.25, 0.3) is 0 Å². The number of rotatable bonds is 2. The van der Waals surface area contributed by atoms with Gasteiger partial charge in [0.15, 0.2) is 0 Å². The van der Waals surface area contributed by atoms with Crippen LogP contribution in [0.25, 0.3) is 11.4 Å². The van der Waals surface area contributed by atoms with E-state index in [-0.39, 0.29) is 0 Å². The first-order valence-corrected chi connectivity index (χ1v) is 8.58. The van der Waals surface area contributed by atoms with E-state index in [1.807, 2.05) is 6.20 Å². The first kappa shape index (κ1) is 14.3. The van der Waals surface area contributed by atoms with Crippen molar-refractivity contribution in [1.82, 2.24) is 15.0 Å². The van der Waals surface area contributed by atoms with E-state index in [9.17, 15) is 0 Å². The lowest BCUT2D eigenvalue weighted by Crippen LogP contribution is -2.07. The van der Waals surface area contributed by atoms with E-state index in [1.165, 1.54) is 21.6 Å². The highest BCUT2D eigenvalue weighted by atomic mass is 32.1. The molecule has 0 atom stereocenters. The van der Waals surface area contributed by atoms with Crippen molar-refractivity contribution in [2.75, 3.05) is 5.32 Å². The molecule has 2 heterocycles. The Kier molecular flexibility index (Phi) is 3.38. The third-order valence-electron chi connectivity index (χ3n) is 3.99. The third-order valence-corrected chi connectivity index (χ3v) is 5.02. The van der Waals surface area contributed by atoms with Crippen molar-refractivity contribution in [3.63, 3.8) is 0 Å². The van der Waals surface area contributed by atoms with Crippen molar-refractivity contribution in [2.24, 2.45) is 0 Å². The molecule has 0 spiro atoms. The zero-order valence-electron chi connectivity index (χ0n) is 13.5. The summed E-state index contributed by atoms with van der Waals surface area (Å²) in [5.41, 5.74) is 6.68. The normalized spacial score (nSPS) is 12.7. The van der Waals surface area contributed by atoms with Gasteiger partial charge in [-0.25, -0.2) is 15.0 Å². The number of hydrogen-bond donors (Lipinski definition) is 1. The minimum Gasteiger partial charge on any atom is -0.324 e. The molecule has 1 N–H and O–H groups in total. The van der Waals surface area contributed by atoms with Crippen LogP contribution in [-0.4, -0.2) is 15.0 Å². The number of fused-ring (bicyclic) bond motifs is 3. The average molecular weight is 322 g/mol. The van der Waals surface area contributed by atoms with Crippen LogP contribution in [0.15, 0.2) is 24.4 Å². The summed E-state index contributed by atoms with van der Waals surface area (Å²) < 4.78 is 0. The summed E-state index contributed by atoms with van der Waals surface area (Å²) in [4.78, 5) is 15.2. The van der Waals surface area contributed by atoms with Gasteiger partial charge in [-0.15, -0.1) is 11.3 Å². The first-order chi connectivity index (χ1) is 11.1. The van der Waals surface area contributed by atoms with Crippen LogP contribution in [-0.2, 0) is 12.8 Å². The van der Waals surface area contributed by atoms with Crippen molar-refractivity contribution in [1.29, 1.82) is 0 Å². The molecule has 0 saturated carbocycles. The van der Waals surface area contributed by atoms with Crippen LogP contribution in [0.5, 0.6) is 0 Å². The zero-order chi connectivity index (χ0) is 16.0. The van der Waals surface area contributed by atoms with Gasteiger partial charge in [0, 0.05) is 16.8 Å². The Balaban J connectivity index is 1.72. The number of anilines is 2. The molecule has 0 unspecified atom stereocenters. The van der Waals surface area contributed by atoms with E-state index in [2.05, 4.69) is 54.3 Å². The highest BCUT2D eigenvalue weighted by Crippen LogP contribution is 2.35. The van der Waals surface area contributed by atoms with Gasteiger partial charge < -0.3 is 5.32 Å². The number of nitrogens with one attached hydrogen (secondary N) is 1. The Morgan fingerprint density at radius 1 is 0.957 bits per heavy atom. The van der Waals surface area contributed by atoms with Crippen LogP contribution >= 0.6 is 11.3 Å². The molecule has 23 heavy (non-hydrogen) atoms. The van der Waals surface area contributed by atoms with Crippen molar-refractivity contribution in [3.05, 3.63) is 51.0 Å². The molecule has 0 amide bonds. The Morgan fingerprint density at radius 2 is 1.74 bits per heavy atom. The molecule has 0 aliphatic heterocycles. The average Bonchev–Trinajstić information content (AvgIpc) is 2.87. The fourth-order valence-corrected chi connectivity index (χ4v) is 4.04. The van der Waals surface area contributed by atoms with Gasteiger partial charge in [0.2, 0.25) is 5.95 Å². The Hall–Kier alpha value is -2.27. The molecule has 4 rings (SSSR count). The van der Waals surface area contributed by atoms with Gasteiger partial charge in [-0.3, -0.25) is 0 Å². The maximum atomic E-state index is 4.74. The van der Waals surface area contributed by atoms with Gasteiger partial charge in [-0.1, -0.05) is 6.07 Å². The molecular weight excluding hydrogens is 304 g/mol. The second-order valence-electron chi connectivity index (χ2n) is 6.07. The lowest BCUT2D eigenvalue weighted by Gasteiger charge is -2.15. The Morgan fingerprint density at radius 3 is 2.52 bits per heavy atom. The van der Waals surface area contributed by atoms with Gasteiger partial charge >= 0.3 is 0 Å². The monoisotopic (exact) mass is 322 g/mol. The second kappa shape index (κ2) is 5.42. The molecule has 1 aliphatic rings. The molecule has 0 fully saturated rings. The van der Waals surface area contributed by atoms with Crippen LogP contribution in [0.2, 0.25) is 0 Å². The van der Waals surface area contributed by atoms with Crippen LogP contribution < -0.4 is 5.32 Å². The standard InChI is InChI=1S/C18H18N4S/c1-10-6-11(2)8-14(7-10)21-18-19-9-13-4-5-15-17(16(13)22-18)20-12(3)23-15/h6-9H,4-5H2,1-3H3,(H,19,21,22). The summed E-state index contributed by atoms with van der Waals surface area (Å²) >= 11 is 1.78. The molecule has 116 valence electrons. The summed E-state index contributed by atoms with van der Waals surface area (Å²) in [5.74, 6) is 0.632. The van der Waals surface area contributed by atoms with E-state index in [1.54, 1.807) is 11.3 Å². The summed E-state index contributed by atoms with van der Waals surface area (Å²) in [6.07, 6.45) is 3.97. The molecule has 3 aromatic rings. The maximum Gasteiger partial charge on any atom is 0.227 e. The SMILES string of the molecule is Cc1cc(C)cc(Nc2ncc3c(n2)-c2nc(C)sc2CC3)c1. The summed E-state index contributed by atoms with van der Waals surface area (Å²) in [5, 5.41) is 4.43. The van der Waals surface area contributed by atoms with Crippen molar-refractivity contribution >= 4 is 23.0 Å². The molecular formula is C18H18N4S. The minimum absolute atomic E-state index is 0.632. The lowest BCUT2D eigenvalue weighted by molar-refractivity contribution is 0.921. The first-order valence-electron chi connectivity index (χ1n) is 7.76. The molecule has 4 nitrogen and oxygen atoms in total. The zero-order valence-corrected chi connectivity index (χ0v) is 14.3. The van der Waals surface area contributed by atoms with Crippen LogP contribution in [0.3, 0.4) is 0 Å². The summed E-state index contributed by atoms with van der Waals surface area (Å²) in [6.45, 7) is 6.24. The number of nitrogens with zero attached hydrogens (tertiary/aromatic N) is 3. The van der Waals surface area contributed by atoms with Gasteiger partial charge in [-0.2, -0.15) is 0 Å². The second-order valence-corrected chi connectivity index (χ2v) is 7.36. The highest BCUT2D eigenvalue weighted by Gasteiger charge is 2.22. The van der Waals surface area contributed by atoms with E-state index in [0.717, 1.165) is 34.9 Å². The van der Waals surface area contributed by atoms with E-state index >= 15 is 0 Å². The quantitative estimate of drug-likeness (QED) is 0.761. The van der Waals surface area contributed by atoms with E-state index < -0.39 is 0 Å². The highest BCUT2D eigenvalue weighted by molar-refractivity contribution is 7.12. The predicted octanol–water partition coefficient (Wildman–Crippen LogP) is 4.37. The number of thiazole rings is 1. The Labute approximate surface area is 139 Å². The fourth-order valence-electron chi connectivity index (χ4n) is 3.10. The lowest BCUT2D eigenvalue weighted by atomic mass is 10.00. The topological polar surface area (TPSA) is 50.7 Å². The van der Waals surface area contributed by atoms with Crippen LogP contribution in [0.4, 0.5) is 11.6 Å². The molecule has 1 aromatic carbocycles. The van der Waals surface area contributed by atoms with Gasteiger partial charge in [-0.05, 0) is 62.4 Å². The molecule has 2 aromatic heterocycles. The van der Waals surface area contributed by atoms with E-state index in [0.29, 0.717) is 5.95 Å². The van der Waals surface area contributed by atoms with Gasteiger partial charge in [0.1, 0.15) is 5.69 Å². The van der Waals surface area contributed by atoms with E-state index in [4.69, 9.17) is 4.98 Å².